The molecule has 2 amide bonds. The number of Topliss-reactive ketones (excluding diaryl/α,β-unsaturated/α-hetero) is 1. The molecule has 1 aromatic heterocycles. The van der Waals surface area contributed by atoms with Crippen molar-refractivity contribution in [2.75, 3.05) is 4.90 Å². The van der Waals surface area contributed by atoms with Crippen LogP contribution in [0.25, 0.3) is 0 Å². The van der Waals surface area contributed by atoms with E-state index in [0.29, 0.717) is 39.5 Å². The number of rotatable bonds is 5. The monoisotopic (exact) mass is 637 g/mol. The predicted octanol–water partition coefficient (Wildman–Crippen LogP) is 4.97. The van der Waals surface area contributed by atoms with Crippen molar-refractivity contribution < 1.29 is 33.5 Å². The maximum atomic E-state index is 14.1. The van der Waals surface area contributed by atoms with Crippen LogP contribution in [-0.4, -0.2) is 34.3 Å². The predicted molar refractivity (Wildman–Crippen MR) is 158 cm³/mol. The molecule has 0 radical (unpaired) electrons. The van der Waals surface area contributed by atoms with Crippen molar-refractivity contribution in [2.24, 2.45) is 17.8 Å². The Morgan fingerprint density at radius 3 is 2.33 bits per heavy atom. The number of aliphatic hydroxyl groups is 1. The molecule has 43 heavy (non-hydrogen) atoms. The Kier molecular flexibility index (Phi) is 6.59. The standard InChI is InChI=1S/C34H24BrNO7/c35-25-15-26(38)29-24(32(25)40)14-23-21(30(29)27-13-10-20(16-37)43-27)11-12-22-28(23)34(42)36(33(22)41)19-8-6-18(7-9-19)31(39)17-4-2-1-3-5-17/h1-11,13,15,22-23,28,30,37H,12,14,16H2/t22-,23+,28-,30+/m0/s1. The molecule has 4 atom stereocenters. The Hall–Kier alpha value is -4.47. The van der Waals surface area contributed by atoms with E-state index in [9.17, 15) is 29.1 Å². The van der Waals surface area contributed by atoms with Crippen molar-refractivity contribution in [3.63, 3.8) is 0 Å². The number of fused-ring (bicyclic) bond motifs is 3. The molecule has 214 valence electrons. The van der Waals surface area contributed by atoms with Gasteiger partial charge in [-0.05, 0) is 71.1 Å². The Morgan fingerprint density at radius 1 is 0.907 bits per heavy atom. The van der Waals surface area contributed by atoms with Crippen LogP contribution in [0.4, 0.5) is 5.69 Å². The number of anilines is 1. The second kappa shape index (κ2) is 10.4. The molecule has 0 spiro atoms. The molecule has 0 bridgehead atoms. The zero-order valence-electron chi connectivity index (χ0n) is 22.7. The van der Waals surface area contributed by atoms with E-state index in [0.717, 1.165) is 5.57 Å². The molecule has 1 aliphatic heterocycles. The van der Waals surface area contributed by atoms with Crippen molar-refractivity contribution >= 4 is 50.8 Å². The van der Waals surface area contributed by atoms with Gasteiger partial charge in [-0.15, -0.1) is 0 Å². The highest BCUT2D eigenvalue weighted by molar-refractivity contribution is 9.12. The lowest BCUT2D eigenvalue weighted by atomic mass is 9.60. The molecular weight excluding hydrogens is 614 g/mol. The number of furan rings is 1. The van der Waals surface area contributed by atoms with E-state index in [1.807, 2.05) is 12.1 Å². The molecule has 1 N–H and O–H groups in total. The second-order valence-corrected chi connectivity index (χ2v) is 12.0. The van der Waals surface area contributed by atoms with Crippen LogP contribution in [0.2, 0.25) is 0 Å². The molecule has 3 aliphatic carbocycles. The number of amides is 2. The van der Waals surface area contributed by atoms with Gasteiger partial charge in [0.1, 0.15) is 18.1 Å². The molecule has 7 rings (SSSR count). The molecule has 2 aromatic carbocycles. The van der Waals surface area contributed by atoms with E-state index in [-0.39, 0.29) is 53.1 Å². The minimum Gasteiger partial charge on any atom is -0.463 e. The summed E-state index contributed by atoms with van der Waals surface area (Å²) < 4.78 is 6.03. The SMILES string of the molecule is O=C1C=C(Br)C(=O)C2=C1[C@@H](c1ccc(CO)o1)C1=CC[C@@H]3C(=O)N(c4ccc(C(=O)c5ccccc5)cc4)C(=O)[C@@H]3[C@@H]1C2. The van der Waals surface area contributed by atoms with E-state index in [1.54, 1.807) is 60.7 Å². The molecule has 1 saturated heterocycles. The first kappa shape index (κ1) is 27.4. The topological polar surface area (TPSA) is 122 Å². The number of nitrogens with zero attached hydrogens (tertiary/aromatic N) is 1. The van der Waals surface area contributed by atoms with Gasteiger partial charge in [0.25, 0.3) is 0 Å². The minimum atomic E-state index is -0.741. The van der Waals surface area contributed by atoms with Crippen LogP contribution in [0, 0.1) is 17.8 Å². The largest absolute Gasteiger partial charge is 0.463 e. The summed E-state index contributed by atoms with van der Waals surface area (Å²) in [6.07, 6.45) is 3.59. The molecule has 8 nitrogen and oxygen atoms in total. The normalized spacial score (nSPS) is 24.8. The van der Waals surface area contributed by atoms with Crippen LogP contribution in [0.15, 0.2) is 105 Å². The first-order valence-corrected chi connectivity index (χ1v) is 14.7. The molecule has 4 aliphatic rings. The number of benzene rings is 2. The highest BCUT2D eigenvalue weighted by Gasteiger charge is 2.57. The fraction of sp³-hybridized carbons (Fsp3) is 0.206. The molecule has 0 saturated carbocycles. The first-order chi connectivity index (χ1) is 20.8. The minimum absolute atomic E-state index is 0.136. The number of allylic oxidation sites excluding steroid dienone is 6. The van der Waals surface area contributed by atoms with Gasteiger partial charge in [0.05, 0.1) is 27.9 Å². The second-order valence-electron chi connectivity index (χ2n) is 11.1. The van der Waals surface area contributed by atoms with Crippen LogP contribution in [0.1, 0.15) is 46.2 Å². The van der Waals surface area contributed by atoms with Gasteiger partial charge in [0.15, 0.2) is 17.3 Å². The highest BCUT2D eigenvalue weighted by Crippen LogP contribution is 2.55. The Balaban J connectivity index is 1.25. The van der Waals surface area contributed by atoms with Crippen LogP contribution in [0.5, 0.6) is 0 Å². The lowest BCUT2D eigenvalue weighted by Crippen LogP contribution is -2.39. The molecule has 9 heteroatoms. The number of halogens is 1. The maximum absolute atomic E-state index is 14.1. The van der Waals surface area contributed by atoms with Crippen molar-refractivity contribution in [1.82, 2.24) is 0 Å². The maximum Gasteiger partial charge on any atom is 0.238 e. The van der Waals surface area contributed by atoms with Gasteiger partial charge < -0.3 is 9.52 Å². The smallest absolute Gasteiger partial charge is 0.238 e. The van der Waals surface area contributed by atoms with E-state index in [2.05, 4.69) is 15.9 Å². The summed E-state index contributed by atoms with van der Waals surface area (Å²) in [5, 5.41) is 9.61. The van der Waals surface area contributed by atoms with Crippen molar-refractivity contribution in [1.29, 1.82) is 0 Å². The van der Waals surface area contributed by atoms with Gasteiger partial charge in [0.2, 0.25) is 11.8 Å². The zero-order chi connectivity index (χ0) is 30.0. The lowest BCUT2D eigenvalue weighted by Gasteiger charge is -2.41. The fourth-order valence-corrected chi connectivity index (χ4v) is 7.39. The molecule has 3 aromatic rings. The summed E-state index contributed by atoms with van der Waals surface area (Å²) in [6, 6.07) is 18.6. The quantitative estimate of drug-likeness (QED) is 0.181. The number of aliphatic hydroxyl groups excluding tert-OH is 1. The highest BCUT2D eigenvalue weighted by atomic mass is 79.9. The molecule has 0 unspecified atom stereocenters. The Bertz CT molecular complexity index is 1830. The van der Waals surface area contributed by atoms with Crippen LogP contribution < -0.4 is 4.90 Å². The van der Waals surface area contributed by atoms with Crippen molar-refractivity contribution in [3.8, 4) is 0 Å². The summed E-state index contributed by atoms with van der Waals surface area (Å²) in [6.45, 7) is -0.332. The van der Waals surface area contributed by atoms with Crippen LogP contribution in [-0.2, 0) is 25.8 Å². The van der Waals surface area contributed by atoms with Gasteiger partial charge in [-0.1, -0.05) is 42.0 Å². The van der Waals surface area contributed by atoms with E-state index >= 15 is 0 Å². The molecule has 1 fully saturated rings. The fourth-order valence-electron chi connectivity index (χ4n) is 6.94. The number of hydrogen-bond donors (Lipinski definition) is 1. The first-order valence-electron chi connectivity index (χ1n) is 13.9. The summed E-state index contributed by atoms with van der Waals surface area (Å²) in [4.78, 5) is 68.5. The summed E-state index contributed by atoms with van der Waals surface area (Å²) in [5.41, 5.74) is 2.71. The van der Waals surface area contributed by atoms with Gasteiger partial charge in [-0.3, -0.25) is 28.9 Å². The number of carbonyl (C=O) groups is 5. The average molecular weight is 638 g/mol. The summed E-state index contributed by atoms with van der Waals surface area (Å²) in [5.74, 6) is -3.44. The number of carbonyl (C=O) groups excluding carboxylic acids is 5. The van der Waals surface area contributed by atoms with Gasteiger partial charge >= 0.3 is 0 Å². The lowest BCUT2D eigenvalue weighted by molar-refractivity contribution is -0.123. The van der Waals surface area contributed by atoms with Gasteiger partial charge in [0, 0.05) is 28.3 Å². The van der Waals surface area contributed by atoms with Crippen molar-refractivity contribution in [2.45, 2.75) is 25.4 Å². The molecule has 2 heterocycles. The zero-order valence-corrected chi connectivity index (χ0v) is 24.2. The van der Waals surface area contributed by atoms with E-state index < -0.39 is 23.7 Å². The van der Waals surface area contributed by atoms with Crippen LogP contribution in [0.3, 0.4) is 0 Å². The average Bonchev–Trinajstić information content (AvgIpc) is 3.61. The van der Waals surface area contributed by atoms with E-state index in [4.69, 9.17) is 4.42 Å². The number of ketones is 3. The van der Waals surface area contributed by atoms with E-state index in [1.165, 1.54) is 11.0 Å². The number of hydrogen-bond acceptors (Lipinski definition) is 7. The summed E-state index contributed by atoms with van der Waals surface area (Å²) in [7, 11) is 0. The van der Waals surface area contributed by atoms with Gasteiger partial charge in [-0.2, -0.15) is 0 Å². The third-order valence-corrected chi connectivity index (χ3v) is 9.47. The molecular formula is C34H24BrNO7. The third-order valence-electron chi connectivity index (χ3n) is 8.88. The van der Waals surface area contributed by atoms with Crippen molar-refractivity contribution in [3.05, 3.63) is 123 Å². The van der Waals surface area contributed by atoms with Crippen LogP contribution >= 0.6 is 15.9 Å². The Labute approximate surface area is 254 Å². The third kappa shape index (κ3) is 4.25. The van der Waals surface area contributed by atoms with Gasteiger partial charge in [-0.25, -0.2) is 0 Å². The summed E-state index contributed by atoms with van der Waals surface area (Å²) >= 11 is 3.22. The Morgan fingerprint density at radius 2 is 1.63 bits per heavy atom. The number of imide groups is 1.